The lowest BCUT2D eigenvalue weighted by molar-refractivity contribution is -0.174. The molecule has 1 atom stereocenters. The van der Waals surface area contributed by atoms with Gasteiger partial charge in [0.25, 0.3) is 6.29 Å². The molecule has 25 heavy (non-hydrogen) atoms. The van der Waals surface area contributed by atoms with Gasteiger partial charge < -0.3 is 9.84 Å². The fourth-order valence-corrected chi connectivity index (χ4v) is 2.91. The molecule has 0 aromatic carbocycles. The lowest BCUT2D eigenvalue weighted by Gasteiger charge is -2.08. The van der Waals surface area contributed by atoms with Crippen molar-refractivity contribution in [2.75, 3.05) is 0 Å². The molecule has 0 amide bonds. The van der Waals surface area contributed by atoms with Gasteiger partial charge in [-0.3, -0.25) is 9.59 Å². The van der Waals surface area contributed by atoms with Crippen LogP contribution in [0.15, 0.2) is 0 Å². The zero-order valence-corrected chi connectivity index (χ0v) is 16.6. The lowest BCUT2D eigenvalue weighted by Crippen LogP contribution is -2.24. The Morgan fingerprint density at radius 2 is 1.08 bits per heavy atom. The third-order valence-corrected chi connectivity index (χ3v) is 4.58. The highest BCUT2D eigenvalue weighted by atomic mass is 16.6. The van der Waals surface area contributed by atoms with E-state index in [1.807, 2.05) is 0 Å². The SMILES string of the molecule is CCCCCCCCCCCCCCCCCC(=O)OC(O)C(C)=O. The summed E-state index contributed by atoms with van der Waals surface area (Å²) in [5.74, 6) is -1.03. The Morgan fingerprint density at radius 1 is 0.720 bits per heavy atom. The van der Waals surface area contributed by atoms with E-state index >= 15 is 0 Å². The minimum atomic E-state index is -1.59. The number of unbranched alkanes of at least 4 members (excludes halogenated alkanes) is 14. The maximum Gasteiger partial charge on any atom is 0.308 e. The fraction of sp³-hybridized carbons (Fsp3) is 0.905. The highest BCUT2D eigenvalue weighted by Crippen LogP contribution is 2.13. The number of hydrogen-bond donors (Lipinski definition) is 1. The summed E-state index contributed by atoms with van der Waals surface area (Å²) in [5.41, 5.74) is 0. The van der Waals surface area contributed by atoms with Crippen molar-refractivity contribution >= 4 is 11.8 Å². The smallest absolute Gasteiger partial charge is 0.308 e. The first kappa shape index (κ1) is 24.1. The number of Topliss-reactive ketones (excluding diaryl/α,β-unsaturated/α-hetero) is 1. The van der Waals surface area contributed by atoms with E-state index in [9.17, 15) is 9.59 Å². The molecule has 0 saturated carbocycles. The topological polar surface area (TPSA) is 63.6 Å². The molecule has 0 heterocycles. The highest BCUT2D eigenvalue weighted by Gasteiger charge is 2.14. The maximum atomic E-state index is 11.4. The summed E-state index contributed by atoms with van der Waals surface area (Å²) < 4.78 is 4.60. The van der Waals surface area contributed by atoms with E-state index in [0.717, 1.165) is 19.3 Å². The first-order chi connectivity index (χ1) is 12.1. The monoisotopic (exact) mass is 356 g/mol. The molecule has 4 nitrogen and oxygen atoms in total. The number of carbonyl (C=O) groups excluding carboxylic acids is 2. The Bertz CT molecular complexity index is 328. The van der Waals surface area contributed by atoms with Crippen molar-refractivity contribution in [3.05, 3.63) is 0 Å². The summed E-state index contributed by atoms with van der Waals surface area (Å²) in [6.07, 6.45) is 17.9. The van der Waals surface area contributed by atoms with Crippen LogP contribution in [0.1, 0.15) is 117 Å². The van der Waals surface area contributed by atoms with Crippen molar-refractivity contribution in [1.82, 2.24) is 0 Å². The number of aliphatic hydroxyl groups excluding tert-OH is 1. The van der Waals surface area contributed by atoms with Crippen LogP contribution in [-0.2, 0) is 14.3 Å². The standard InChI is InChI=1S/C21H40O4/c1-3-4-5-6-7-8-9-10-11-12-13-14-15-16-17-18-20(23)25-21(24)19(2)22/h21,24H,3-18H2,1-2H3. The van der Waals surface area contributed by atoms with Crippen LogP contribution < -0.4 is 0 Å². The molecule has 0 aliphatic heterocycles. The molecule has 0 rings (SSSR count). The molecule has 148 valence electrons. The van der Waals surface area contributed by atoms with Crippen LogP contribution in [-0.4, -0.2) is 23.1 Å². The Hall–Kier alpha value is -0.900. The summed E-state index contributed by atoms with van der Waals surface area (Å²) >= 11 is 0. The van der Waals surface area contributed by atoms with Crippen LogP contribution in [0.5, 0.6) is 0 Å². The second-order valence-corrected chi connectivity index (χ2v) is 7.15. The number of hydrogen-bond acceptors (Lipinski definition) is 4. The molecular weight excluding hydrogens is 316 g/mol. The molecule has 0 aliphatic carbocycles. The molecule has 1 N–H and O–H groups in total. The number of esters is 1. The molecule has 0 aliphatic rings. The van der Waals surface area contributed by atoms with E-state index in [-0.39, 0.29) is 6.42 Å². The summed E-state index contributed by atoms with van der Waals surface area (Å²) in [6.45, 7) is 3.46. The van der Waals surface area contributed by atoms with Gasteiger partial charge in [0.15, 0.2) is 5.78 Å². The van der Waals surface area contributed by atoms with Gasteiger partial charge in [0.2, 0.25) is 0 Å². The molecule has 0 aromatic heterocycles. The molecule has 0 bridgehead atoms. The normalized spacial score (nSPS) is 12.1. The number of aliphatic hydroxyl groups is 1. The Labute approximate surface area is 154 Å². The van der Waals surface area contributed by atoms with E-state index < -0.39 is 18.0 Å². The van der Waals surface area contributed by atoms with Gasteiger partial charge in [0.1, 0.15) is 0 Å². The van der Waals surface area contributed by atoms with Gasteiger partial charge in [0, 0.05) is 13.3 Å². The number of carbonyl (C=O) groups is 2. The Kier molecular flexibility index (Phi) is 17.3. The second kappa shape index (κ2) is 17.9. The van der Waals surface area contributed by atoms with E-state index in [0.29, 0.717) is 0 Å². The van der Waals surface area contributed by atoms with Crippen LogP contribution in [0.25, 0.3) is 0 Å². The summed E-state index contributed by atoms with van der Waals surface area (Å²) in [4.78, 5) is 22.1. The zero-order chi connectivity index (χ0) is 18.8. The van der Waals surface area contributed by atoms with Gasteiger partial charge in [-0.15, -0.1) is 0 Å². The van der Waals surface area contributed by atoms with E-state index in [2.05, 4.69) is 11.7 Å². The molecule has 0 aromatic rings. The average Bonchev–Trinajstić information content (AvgIpc) is 2.58. The van der Waals surface area contributed by atoms with E-state index in [1.54, 1.807) is 0 Å². The van der Waals surface area contributed by atoms with E-state index in [4.69, 9.17) is 5.11 Å². The molecule has 0 radical (unpaired) electrons. The van der Waals surface area contributed by atoms with Crippen LogP contribution in [0, 0.1) is 0 Å². The quantitative estimate of drug-likeness (QED) is 0.194. The molecule has 1 unspecified atom stereocenters. The van der Waals surface area contributed by atoms with Crippen molar-refractivity contribution < 1.29 is 19.4 Å². The number of rotatable bonds is 18. The van der Waals surface area contributed by atoms with Gasteiger partial charge in [-0.2, -0.15) is 0 Å². The lowest BCUT2D eigenvalue weighted by atomic mass is 10.0. The number of ether oxygens (including phenoxy) is 1. The summed E-state index contributed by atoms with van der Waals surface area (Å²) in [7, 11) is 0. The Morgan fingerprint density at radius 3 is 1.44 bits per heavy atom. The molecule has 0 saturated heterocycles. The number of ketones is 1. The van der Waals surface area contributed by atoms with Crippen LogP contribution >= 0.6 is 0 Å². The third-order valence-electron chi connectivity index (χ3n) is 4.58. The maximum absolute atomic E-state index is 11.4. The minimum absolute atomic E-state index is 0.280. The van der Waals surface area contributed by atoms with Gasteiger partial charge in [-0.05, 0) is 6.42 Å². The molecule has 4 heteroatoms. The van der Waals surface area contributed by atoms with Gasteiger partial charge in [-0.25, -0.2) is 0 Å². The highest BCUT2D eigenvalue weighted by molar-refractivity contribution is 5.81. The van der Waals surface area contributed by atoms with Crippen LogP contribution in [0.4, 0.5) is 0 Å². The van der Waals surface area contributed by atoms with Gasteiger partial charge >= 0.3 is 5.97 Å². The van der Waals surface area contributed by atoms with Crippen molar-refractivity contribution in [2.45, 2.75) is 123 Å². The fourth-order valence-electron chi connectivity index (χ4n) is 2.91. The average molecular weight is 357 g/mol. The van der Waals surface area contributed by atoms with Crippen molar-refractivity contribution in [2.24, 2.45) is 0 Å². The van der Waals surface area contributed by atoms with Crippen molar-refractivity contribution in [1.29, 1.82) is 0 Å². The van der Waals surface area contributed by atoms with Crippen LogP contribution in [0.2, 0.25) is 0 Å². The van der Waals surface area contributed by atoms with Gasteiger partial charge in [-0.1, -0.05) is 96.8 Å². The van der Waals surface area contributed by atoms with Gasteiger partial charge in [0.05, 0.1) is 0 Å². The summed E-state index contributed by atoms with van der Waals surface area (Å²) in [5, 5.41) is 9.13. The summed E-state index contributed by atoms with van der Waals surface area (Å²) in [6, 6.07) is 0. The molecular formula is C21H40O4. The zero-order valence-electron chi connectivity index (χ0n) is 16.6. The van der Waals surface area contributed by atoms with E-state index in [1.165, 1.54) is 84.0 Å². The predicted molar refractivity (Wildman–Crippen MR) is 102 cm³/mol. The largest absolute Gasteiger partial charge is 0.428 e. The van der Waals surface area contributed by atoms with Crippen molar-refractivity contribution in [3.63, 3.8) is 0 Å². The molecule has 0 spiro atoms. The minimum Gasteiger partial charge on any atom is -0.428 e. The van der Waals surface area contributed by atoms with Crippen LogP contribution in [0.3, 0.4) is 0 Å². The second-order valence-electron chi connectivity index (χ2n) is 7.15. The van der Waals surface area contributed by atoms with Crippen molar-refractivity contribution in [3.8, 4) is 0 Å². The Balaban J connectivity index is 3.19. The molecule has 0 fully saturated rings. The first-order valence-corrected chi connectivity index (χ1v) is 10.5. The first-order valence-electron chi connectivity index (χ1n) is 10.5. The third kappa shape index (κ3) is 17.7. The predicted octanol–water partition coefficient (Wildman–Crippen LogP) is 5.70.